The van der Waals surface area contributed by atoms with Gasteiger partial charge in [-0.1, -0.05) is 78.9 Å². The van der Waals surface area contributed by atoms with Crippen LogP contribution in [-0.4, -0.2) is 20.9 Å². The van der Waals surface area contributed by atoms with E-state index in [0.717, 1.165) is 53.0 Å². The van der Waals surface area contributed by atoms with E-state index in [-0.39, 0.29) is 6.42 Å². The Kier molecular flexibility index (Phi) is 9.25. The lowest BCUT2D eigenvalue weighted by Gasteiger charge is -2.10. The van der Waals surface area contributed by atoms with Crippen LogP contribution in [0.15, 0.2) is 109 Å². The molecule has 0 bridgehead atoms. The highest BCUT2D eigenvalue weighted by Crippen LogP contribution is 2.31. The summed E-state index contributed by atoms with van der Waals surface area (Å²) in [5.41, 5.74) is 6.94. The third-order valence-corrected chi connectivity index (χ3v) is 7.32. The molecule has 0 saturated carbocycles. The van der Waals surface area contributed by atoms with Gasteiger partial charge in [0.2, 0.25) is 0 Å². The van der Waals surface area contributed by atoms with Gasteiger partial charge in [0.05, 0.1) is 17.8 Å². The number of benzene rings is 4. The molecule has 5 nitrogen and oxygen atoms in total. The third-order valence-electron chi connectivity index (χ3n) is 7.32. The van der Waals surface area contributed by atoms with Crippen molar-refractivity contribution in [3.8, 4) is 11.3 Å². The van der Waals surface area contributed by atoms with Crippen LogP contribution in [0.25, 0.3) is 11.3 Å². The van der Waals surface area contributed by atoms with Crippen LogP contribution in [0, 0.1) is 0 Å². The van der Waals surface area contributed by atoms with Gasteiger partial charge in [-0.25, -0.2) is 0 Å². The van der Waals surface area contributed by atoms with Crippen LogP contribution in [-0.2, 0) is 43.3 Å². The molecule has 0 atom stereocenters. The van der Waals surface area contributed by atoms with Crippen molar-refractivity contribution in [2.24, 2.45) is 0 Å². The molecule has 1 aromatic heterocycles. The van der Waals surface area contributed by atoms with Crippen molar-refractivity contribution in [2.75, 3.05) is 5.32 Å². The summed E-state index contributed by atoms with van der Waals surface area (Å²) in [5.74, 6) is -0.804. The van der Waals surface area contributed by atoms with E-state index in [4.69, 9.17) is 10.2 Å². The maximum Gasteiger partial charge on any atom is 0.416 e. The first-order valence-corrected chi connectivity index (χ1v) is 14.1. The van der Waals surface area contributed by atoms with Crippen molar-refractivity contribution in [3.05, 3.63) is 143 Å². The quantitative estimate of drug-likeness (QED) is 0.156. The number of alkyl halides is 3. The summed E-state index contributed by atoms with van der Waals surface area (Å²) in [4.78, 5) is 10.8. The summed E-state index contributed by atoms with van der Waals surface area (Å²) in [5, 5.41) is 17.0. The molecule has 0 fully saturated rings. The molecule has 5 rings (SSSR count). The minimum atomic E-state index is -4.38. The van der Waals surface area contributed by atoms with Gasteiger partial charge in [0.25, 0.3) is 0 Å². The molecule has 0 radical (unpaired) electrons. The number of aryl methyl sites for hydroxylation is 3. The second-order valence-corrected chi connectivity index (χ2v) is 10.5. The molecule has 0 aliphatic rings. The lowest BCUT2D eigenvalue weighted by molar-refractivity contribution is -0.138. The average Bonchev–Trinajstić information content (AvgIpc) is 3.41. The van der Waals surface area contributed by atoms with E-state index in [0.29, 0.717) is 30.8 Å². The molecule has 0 spiro atoms. The summed E-state index contributed by atoms with van der Waals surface area (Å²) in [7, 11) is 0. The largest absolute Gasteiger partial charge is 0.481 e. The number of rotatable bonds is 12. The molecule has 0 unspecified atom stereocenters. The fourth-order valence-electron chi connectivity index (χ4n) is 4.86. The predicted molar refractivity (Wildman–Crippen MR) is 162 cm³/mol. The van der Waals surface area contributed by atoms with E-state index in [2.05, 4.69) is 41.7 Å². The Bertz CT molecular complexity index is 1630. The molecule has 2 N–H and O–H groups in total. The van der Waals surface area contributed by atoms with Crippen LogP contribution in [0.5, 0.6) is 0 Å². The van der Waals surface area contributed by atoms with Crippen LogP contribution in [0.1, 0.15) is 39.9 Å². The van der Waals surface area contributed by atoms with Gasteiger partial charge < -0.3 is 10.4 Å². The van der Waals surface area contributed by atoms with Gasteiger partial charge in [-0.3, -0.25) is 9.48 Å². The van der Waals surface area contributed by atoms with Gasteiger partial charge >= 0.3 is 12.1 Å². The average molecular weight is 584 g/mol. The number of carbonyl (C=O) groups is 1. The number of anilines is 1. The van der Waals surface area contributed by atoms with E-state index >= 15 is 0 Å². The third kappa shape index (κ3) is 8.35. The minimum Gasteiger partial charge on any atom is -0.481 e. The van der Waals surface area contributed by atoms with Gasteiger partial charge in [-0.2, -0.15) is 18.3 Å². The standard InChI is InChI=1S/C35H32F3N3O2/c36-35(37,38)30-16-14-29(15-17-30)33-22-32(20-12-25-4-2-1-3-5-25)41(40-33)24-28-8-6-27(7-9-28)23-39-31-18-10-26(11-19-31)13-21-34(42)43/h1-11,14-19,22,39H,12-13,20-21,23-24H2,(H,42,43). The first-order chi connectivity index (χ1) is 20.7. The van der Waals surface area contributed by atoms with Crippen molar-refractivity contribution in [3.63, 3.8) is 0 Å². The van der Waals surface area contributed by atoms with Crippen LogP contribution >= 0.6 is 0 Å². The van der Waals surface area contributed by atoms with Crippen LogP contribution < -0.4 is 5.32 Å². The van der Waals surface area contributed by atoms with E-state index in [1.807, 2.05) is 53.2 Å². The number of nitrogens with one attached hydrogen (secondary N) is 1. The Morgan fingerprint density at radius 1 is 0.744 bits per heavy atom. The molecular weight excluding hydrogens is 551 g/mol. The first kappa shape index (κ1) is 29.6. The fourth-order valence-corrected chi connectivity index (χ4v) is 4.86. The second kappa shape index (κ2) is 13.4. The zero-order valence-corrected chi connectivity index (χ0v) is 23.5. The smallest absolute Gasteiger partial charge is 0.416 e. The molecule has 220 valence electrons. The van der Waals surface area contributed by atoms with Gasteiger partial charge in [0.1, 0.15) is 0 Å². The Morgan fingerprint density at radius 2 is 1.37 bits per heavy atom. The minimum absolute atomic E-state index is 0.114. The molecular formula is C35H32F3N3O2. The summed E-state index contributed by atoms with van der Waals surface area (Å²) in [6, 6.07) is 33.3. The molecule has 5 aromatic rings. The van der Waals surface area contributed by atoms with Gasteiger partial charge in [0, 0.05) is 29.9 Å². The van der Waals surface area contributed by atoms with Crippen LogP contribution in [0.3, 0.4) is 0 Å². The lowest BCUT2D eigenvalue weighted by atomic mass is 10.1. The number of aromatic nitrogens is 2. The van der Waals surface area contributed by atoms with Gasteiger partial charge in [-0.15, -0.1) is 0 Å². The van der Waals surface area contributed by atoms with E-state index in [1.54, 1.807) is 0 Å². The number of halogens is 3. The van der Waals surface area contributed by atoms with Crippen molar-refractivity contribution in [1.29, 1.82) is 0 Å². The Morgan fingerprint density at radius 3 is 2.02 bits per heavy atom. The zero-order chi connectivity index (χ0) is 30.2. The summed E-state index contributed by atoms with van der Waals surface area (Å²) < 4.78 is 41.2. The zero-order valence-electron chi connectivity index (χ0n) is 23.5. The Labute approximate surface area is 248 Å². The molecule has 0 amide bonds. The summed E-state index contributed by atoms with van der Waals surface area (Å²) >= 11 is 0. The highest BCUT2D eigenvalue weighted by Gasteiger charge is 2.30. The highest BCUT2D eigenvalue weighted by atomic mass is 19.4. The molecule has 8 heteroatoms. The predicted octanol–water partition coefficient (Wildman–Crippen LogP) is 8.03. The fraction of sp³-hybridized carbons (Fsp3) is 0.200. The number of nitrogens with zero attached hydrogens (tertiary/aromatic N) is 2. The Balaban J connectivity index is 1.27. The highest BCUT2D eigenvalue weighted by molar-refractivity contribution is 5.67. The van der Waals surface area contributed by atoms with E-state index in [9.17, 15) is 18.0 Å². The number of hydrogen-bond acceptors (Lipinski definition) is 3. The van der Waals surface area contributed by atoms with Gasteiger partial charge in [0.15, 0.2) is 0 Å². The number of carboxylic acid groups (broad SMARTS) is 1. The van der Waals surface area contributed by atoms with Crippen LogP contribution in [0.2, 0.25) is 0 Å². The van der Waals surface area contributed by atoms with Crippen molar-refractivity contribution < 1.29 is 23.1 Å². The van der Waals surface area contributed by atoms with E-state index < -0.39 is 17.7 Å². The summed E-state index contributed by atoms with van der Waals surface area (Å²) in [6.07, 6.45) is -2.19. The van der Waals surface area contributed by atoms with Crippen molar-refractivity contribution >= 4 is 11.7 Å². The summed E-state index contributed by atoms with van der Waals surface area (Å²) in [6.45, 7) is 1.17. The number of hydrogen-bond donors (Lipinski definition) is 2. The first-order valence-electron chi connectivity index (χ1n) is 14.1. The van der Waals surface area contributed by atoms with E-state index in [1.165, 1.54) is 17.7 Å². The normalized spacial score (nSPS) is 11.4. The molecule has 4 aromatic carbocycles. The molecule has 0 saturated heterocycles. The maximum atomic E-state index is 13.1. The molecule has 43 heavy (non-hydrogen) atoms. The monoisotopic (exact) mass is 583 g/mol. The number of carboxylic acids is 1. The molecule has 0 aliphatic heterocycles. The van der Waals surface area contributed by atoms with Gasteiger partial charge in [-0.05, 0) is 71.8 Å². The second-order valence-electron chi connectivity index (χ2n) is 10.5. The lowest BCUT2D eigenvalue weighted by Crippen LogP contribution is -2.08. The molecule has 1 heterocycles. The maximum absolute atomic E-state index is 13.1. The van der Waals surface area contributed by atoms with Crippen molar-refractivity contribution in [1.82, 2.24) is 9.78 Å². The number of aliphatic carboxylic acids is 1. The SMILES string of the molecule is O=C(O)CCc1ccc(NCc2ccc(Cn3nc(-c4ccc(C(F)(F)F)cc4)cc3CCc3ccccc3)cc2)cc1. The topological polar surface area (TPSA) is 67.2 Å². The van der Waals surface area contributed by atoms with Crippen molar-refractivity contribution in [2.45, 2.75) is 44.9 Å². The Hall–Kier alpha value is -4.85. The molecule has 0 aliphatic carbocycles. The van der Waals surface area contributed by atoms with Crippen LogP contribution in [0.4, 0.5) is 18.9 Å².